The van der Waals surface area contributed by atoms with Gasteiger partial charge in [0.05, 0.1) is 0 Å². The van der Waals surface area contributed by atoms with Gasteiger partial charge in [0.2, 0.25) is 0 Å². The molecule has 0 bridgehead atoms. The van der Waals surface area contributed by atoms with Gasteiger partial charge in [0.15, 0.2) is 0 Å². The van der Waals surface area contributed by atoms with E-state index in [4.69, 9.17) is 0 Å². The molecule has 104 valence electrons. The van der Waals surface area contributed by atoms with Crippen molar-refractivity contribution in [3.8, 4) is 0 Å². The zero-order valence-electron chi connectivity index (χ0n) is 11.5. The number of aromatic amines is 1. The molecule has 0 fully saturated rings. The Morgan fingerprint density at radius 1 is 1.05 bits per heavy atom. The van der Waals surface area contributed by atoms with E-state index in [1.807, 2.05) is 25.1 Å². The summed E-state index contributed by atoms with van der Waals surface area (Å²) in [6.07, 6.45) is 1.58. The fourth-order valence-electron chi connectivity index (χ4n) is 2.31. The Morgan fingerprint density at radius 3 is 2.67 bits per heavy atom. The first-order valence-electron chi connectivity index (χ1n) is 6.63. The number of amides is 1. The number of rotatable bonds is 2. The summed E-state index contributed by atoms with van der Waals surface area (Å²) in [6.45, 7) is 1.94. The first kappa shape index (κ1) is 13.1. The Hall–Kier alpha value is -2.88. The van der Waals surface area contributed by atoms with E-state index in [2.05, 4.69) is 10.3 Å². The normalized spacial score (nSPS) is 10.5. The summed E-state index contributed by atoms with van der Waals surface area (Å²) in [4.78, 5) is 26.7. The zero-order valence-corrected chi connectivity index (χ0v) is 11.5. The minimum Gasteiger partial charge on any atom is -0.329 e. The van der Waals surface area contributed by atoms with Gasteiger partial charge in [-0.2, -0.15) is 0 Å². The number of hydrogen-bond acceptors (Lipinski definition) is 2. The van der Waals surface area contributed by atoms with Gasteiger partial charge in [-0.1, -0.05) is 23.8 Å². The summed E-state index contributed by atoms with van der Waals surface area (Å²) in [5.74, 6) is -0.188. The monoisotopic (exact) mass is 278 g/mol. The third-order valence-electron chi connectivity index (χ3n) is 3.34. The highest BCUT2D eigenvalue weighted by atomic mass is 16.1. The van der Waals surface area contributed by atoms with Crippen molar-refractivity contribution in [3.05, 3.63) is 76.2 Å². The number of aryl methyl sites for hydroxylation is 1. The molecule has 4 heteroatoms. The van der Waals surface area contributed by atoms with Crippen LogP contribution in [0.3, 0.4) is 0 Å². The number of carbonyl (C=O) groups excluding carboxylic acids is 1. The molecule has 21 heavy (non-hydrogen) atoms. The van der Waals surface area contributed by atoms with Crippen LogP contribution in [0.5, 0.6) is 0 Å². The lowest BCUT2D eigenvalue weighted by atomic mass is 10.1. The number of hydrogen-bond donors (Lipinski definition) is 2. The van der Waals surface area contributed by atoms with Crippen LogP contribution in [-0.2, 0) is 0 Å². The number of aromatic nitrogens is 1. The largest absolute Gasteiger partial charge is 0.329 e. The zero-order chi connectivity index (χ0) is 14.8. The lowest BCUT2D eigenvalue weighted by Gasteiger charge is -2.08. The number of fused-ring (bicyclic) bond motifs is 1. The minimum atomic E-state index is -0.188. The predicted octanol–water partition coefficient (Wildman–Crippen LogP) is 3.09. The van der Waals surface area contributed by atoms with Gasteiger partial charge in [0, 0.05) is 28.2 Å². The summed E-state index contributed by atoms with van der Waals surface area (Å²) in [6, 6.07) is 14.4. The quantitative estimate of drug-likeness (QED) is 0.756. The van der Waals surface area contributed by atoms with E-state index >= 15 is 0 Å². The van der Waals surface area contributed by atoms with E-state index < -0.39 is 0 Å². The molecule has 1 heterocycles. The van der Waals surface area contributed by atoms with Crippen molar-refractivity contribution in [2.45, 2.75) is 6.92 Å². The lowest BCUT2D eigenvalue weighted by molar-refractivity contribution is 0.102. The number of pyridine rings is 1. The number of nitrogens with one attached hydrogen (secondary N) is 2. The molecule has 0 saturated heterocycles. The average molecular weight is 278 g/mol. The van der Waals surface area contributed by atoms with Gasteiger partial charge in [0.25, 0.3) is 11.5 Å². The Bertz CT molecular complexity index is 881. The van der Waals surface area contributed by atoms with Crippen molar-refractivity contribution < 1.29 is 4.79 Å². The third-order valence-corrected chi connectivity index (χ3v) is 3.34. The molecular formula is C17H14N2O2. The van der Waals surface area contributed by atoms with Crippen molar-refractivity contribution in [3.63, 3.8) is 0 Å². The number of carbonyl (C=O) groups is 1. The van der Waals surface area contributed by atoms with E-state index in [9.17, 15) is 9.59 Å². The summed E-state index contributed by atoms with van der Waals surface area (Å²) in [7, 11) is 0. The van der Waals surface area contributed by atoms with Gasteiger partial charge in [-0.05, 0) is 37.3 Å². The topological polar surface area (TPSA) is 62.0 Å². The summed E-state index contributed by atoms with van der Waals surface area (Å²) in [5.41, 5.74) is 2.08. The molecule has 0 aliphatic rings. The smallest absolute Gasteiger partial charge is 0.255 e. The first-order valence-corrected chi connectivity index (χ1v) is 6.63. The van der Waals surface area contributed by atoms with Crippen molar-refractivity contribution in [2.75, 3.05) is 5.32 Å². The Balaban J connectivity index is 2.01. The van der Waals surface area contributed by atoms with Crippen molar-refractivity contribution >= 4 is 22.4 Å². The maximum atomic E-state index is 12.3. The fraction of sp³-hybridized carbons (Fsp3) is 0.0588. The van der Waals surface area contributed by atoms with Crippen LogP contribution in [0.1, 0.15) is 15.9 Å². The number of anilines is 1. The molecule has 0 aliphatic heterocycles. The number of benzene rings is 2. The van der Waals surface area contributed by atoms with Crippen LogP contribution >= 0.6 is 0 Å². The van der Waals surface area contributed by atoms with E-state index in [0.717, 1.165) is 10.9 Å². The molecule has 1 amide bonds. The molecule has 0 atom stereocenters. The van der Waals surface area contributed by atoms with Crippen molar-refractivity contribution in [1.29, 1.82) is 0 Å². The van der Waals surface area contributed by atoms with Gasteiger partial charge in [0.1, 0.15) is 0 Å². The molecule has 2 N–H and O–H groups in total. The fourth-order valence-corrected chi connectivity index (χ4v) is 2.31. The third kappa shape index (κ3) is 2.56. The molecular weight excluding hydrogens is 264 g/mol. The van der Waals surface area contributed by atoms with Crippen LogP contribution in [0.25, 0.3) is 10.8 Å². The molecule has 1 aromatic heterocycles. The SMILES string of the molecule is Cc1cccc(C(=O)Nc2cccc3c(=O)[nH]ccc23)c1. The second-order valence-electron chi connectivity index (χ2n) is 4.90. The Kier molecular flexibility index (Phi) is 3.28. The molecule has 2 aromatic carbocycles. The summed E-state index contributed by atoms with van der Waals surface area (Å²) in [5, 5.41) is 4.14. The Morgan fingerprint density at radius 2 is 1.86 bits per heavy atom. The second-order valence-corrected chi connectivity index (χ2v) is 4.90. The minimum absolute atomic E-state index is 0.167. The molecule has 4 nitrogen and oxygen atoms in total. The van der Waals surface area contributed by atoms with E-state index in [1.165, 1.54) is 0 Å². The molecule has 0 aliphatic carbocycles. The van der Waals surface area contributed by atoms with Crippen molar-refractivity contribution in [2.24, 2.45) is 0 Å². The first-order chi connectivity index (χ1) is 10.1. The molecule has 0 unspecified atom stereocenters. The van der Waals surface area contributed by atoms with Gasteiger partial charge in [-0.25, -0.2) is 0 Å². The van der Waals surface area contributed by atoms with Gasteiger partial charge >= 0.3 is 0 Å². The second kappa shape index (κ2) is 5.25. The average Bonchev–Trinajstić information content (AvgIpc) is 2.48. The predicted molar refractivity (Wildman–Crippen MR) is 83.7 cm³/mol. The standard InChI is InChI=1S/C17H14N2O2/c1-11-4-2-5-12(10-11)16(20)19-15-7-3-6-14-13(15)8-9-18-17(14)21/h2-10H,1H3,(H,18,21)(H,19,20). The van der Waals surface area contributed by atoms with Gasteiger partial charge in [-0.3, -0.25) is 9.59 Å². The van der Waals surface area contributed by atoms with Crippen molar-refractivity contribution in [1.82, 2.24) is 4.98 Å². The molecule has 3 rings (SSSR count). The van der Waals surface area contributed by atoms with Crippen LogP contribution in [-0.4, -0.2) is 10.9 Å². The van der Waals surface area contributed by atoms with Crippen LogP contribution in [0.4, 0.5) is 5.69 Å². The highest BCUT2D eigenvalue weighted by Gasteiger charge is 2.09. The van der Waals surface area contributed by atoms with Crippen LogP contribution < -0.4 is 10.9 Å². The molecule has 0 radical (unpaired) electrons. The molecule has 0 saturated carbocycles. The number of H-pyrrole nitrogens is 1. The summed E-state index contributed by atoms with van der Waals surface area (Å²) < 4.78 is 0. The highest BCUT2D eigenvalue weighted by molar-refractivity contribution is 6.09. The van der Waals surface area contributed by atoms with E-state index in [0.29, 0.717) is 16.6 Å². The summed E-state index contributed by atoms with van der Waals surface area (Å²) >= 11 is 0. The van der Waals surface area contributed by atoms with Crippen LogP contribution in [0.15, 0.2) is 59.5 Å². The van der Waals surface area contributed by atoms with E-state index in [1.54, 1.807) is 36.5 Å². The molecule has 0 spiro atoms. The lowest BCUT2D eigenvalue weighted by Crippen LogP contribution is -2.13. The maximum absolute atomic E-state index is 12.3. The highest BCUT2D eigenvalue weighted by Crippen LogP contribution is 2.21. The van der Waals surface area contributed by atoms with Gasteiger partial charge < -0.3 is 10.3 Å². The van der Waals surface area contributed by atoms with Crippen LogP contribution in [0, 0.1) is 6.92 Å². The van der Waals surface area contributed by atoms with Gasteiger partial charge in [-0.15, -0.1) is 0 Å². The molecule has 3 aromatic rings. The van der Waals surface area contributed by atoms with Crippen LogP contribution in [0.2, 0.25) is 0 Å². The Labute approximate surface area is 121 Å². The maximum Gasteiger partial charge on any atom is 0.255 e. The van der Waals surface area contributed by atoms with E-state index in [-0.39, 0.29) is 11.5 Å².